The molecule has 2 heterocycles. The van der Waals surface area contributed by atoms with E-state index in [2.05, 4.69) is 4.90 Å². The summed E-state index contributed by atoms with van der Waals surface area (Å²) in [5, 5.41) is 10.5. The van der Waals surface area contributed by atoms with Crippen LogP contribution in [0.5, 0.6) is 0 Å². The lowest BCUT2D eigenvalue weighted by atomic mass is 9.89. The lowest BCUT2D eigenvalue weighted by Gasteiger charge is -2.17. The fourth-order valence-corrected chi connectivity index (χ4v) is 4.10. The summed E-state index contributed by atoms with van der Waals surface area (Å²) in [6.07, 6.45) is 0. The normalized spacial score (nSPS) is 20.4. The molecule has 4 nitrogen and oxygen atoms in total. The topological polar surface area (TPSA) is 45.5 Å². The molecule has 1 N–H and O–H groups in total. The number of carbonyl (C=O) groups is 1. The minimum atomic E-state index is -0.870. The lowest BCUT2D eigenvalue weighted by molar-refractivity contribution is -0.141. The maximum Gasteiger partial charge on any atom is 0.308 e. The third-order valence-electron chi connectivity index (χ3n) is 5.48. The van der Waals surface area contributed by atoms with Crippen molar-refractivity contribution in [2.75, 3.05) is 13.1 Å². The molecule has 6 heteroatoms. The second-order valence-electron chi connectivity index (χ2n) is 7.20. The maximum atomic E-state index is 13.6. The number of benzene rings is 2. The summed E-state index contributed by atoms with van der Waals surface area (Å²) in [5.41, 5.74) is 2.63. The van der Waals surface area contributed by atoms with Gasteiger partial charge in [-0.2, -0.15) is 0 Å². The molecule has 0 spiro atoms. The smallest absolute Gasteiger partial charge is 0.308 e. The number of carboxylic acid groups (broad SMARTS) is 1. The van der Waals surface area contributed by atoms with Gasteiger partial charge in [0.05, 0.1) is 5.92 Å². The van der Waals surface area contributed by atoms with Crippen LogP contribution in [0.4, 0.5) is 8.78 Å². The molecule has 0 bridgehead atoms. The van der Waals surface area contributed by atoms with E-state index >= 15 is 0 Å². The zero-order valence-electron chi connectivity index (χ0n) is 14.9. The van der Waals surface area contributed by atoms with Crippen molar-refractivity contribution in [3.05, 3.63) is 71.4 Å². The molecule has 2 atom stereocenters. The second kappa shape index (κ2) is 6.78. The van der Waals surface area contributed by atoms with Gasteiger partial charge in [0.2, 0.25) is 0 Å². The molecule has 1 aliphatic heterocycles. The Hall–Kier alpha value is -2.73. The van der Waals surface area contributed by atoms with Crippen molar-refractivity contribution in [2.24, 2.45) is 13.0 Å². The van der Waals surface area contributed by atoms with E-state index in [4.69, 9.17) is 0 Å². The molecule has 1 aliphatic rings. The van der Waals surface area contributed by atoms with Crippen molar-refractivity contribution < 1.29 is 18.7 Å². The van der Waals surface area contributed by atoms with Gasteiger partial charge in [-0.3, -0.25) is 9.69 Å². The average molecular weight is 370 g/mol. The minimum absolute atomic E-state index is 0.259. The largest absolute Gasteiger partial charge is 0.481 e. The molecule has 0 amide bonds. The Morgan fingerprint density at radius 3 is 2.63 bits per heavy atom. The van der Waals surface area contributed by atoms with Crippen LogP contribution in [0, 0.1) is 17.6 Å². The first-order valence-corrected chi connectivity index (χ1v) is 8.87. The number of aromatic nitrogens is 1. The van der Waals surface area contributed by atoms with E-state index in [0.29, 0.717) is 25.2 Å². The fourth-order valence-electron chi connectivity index (χ4n) is 4.10. The monoisotopic (exact) mass is 370 g/mol. The lowest BCUT2D eigenvalue weighted by Crippen LogP contribution is -2.24. The first kappa shape index (κ1) is 17.7. The Kier molecular flexibility index (Phi) is 4.44. The van der Waals surface area contributed by atoms with Gasteiger partial charge < -0.3 is 9.67 Å². The Balaban J connectivity index is 1.60. The number of halogens is 2. The molecule has 3 aromatic rings. The average Bonchev–Trinajstić information content (AvgIpc) is 3.17. The van der Waals surface area contributed by atoms with Crippen molar-refractivity contribution in [3.63, 3.8) is 0 Å². The molecule has 0 radical (unpaired) electrons. The molecule has 0 unspecified atom stereocenters. The van der Waals surface area contributed by atoms with Crippen LogP contribution in [0.15, 0.2) is 48.5 Å². The summed E-state index contributed by atoms with van der Waals surface area (Å²) in [6.45, 7) is 1.49. The molecule has 140 valence electrons. The van der Waals surface area contributed by atoms with Gasteiger partial charge in [0, 0.05) is 49.2 Å². The predicted octanol–water partition coefficient (Wildman–Crippen LogP) is 3.76. The first-order chi connectivity index (χ1) is 12.9. The molecule has 27 heavy (non-hydrogen) atoms. The Bertz CT molecular complexity index is 1010. The molecular weight excluding hydrogens is 350 g/mol. The molecule has 1 fully saturated rings. The standard InChI is InChI=1S/C21H20F2N2O2/c1-24-17(9-14-8-16(23)5-6-20(14)24)10-25-11-18(19(12-25)21(26)27)13-3-2-4-15(22)7-13/h2-9,18-19H,10-12H2,1H3,(H,26,27)/t18-,19+/m1/s1. The molecule has 1 saturated heterocycles. The predicted molar refractivity (Wildman–Crippen MR) is 98.4 cm³/mol. The highest BCUT2D eigenvalue weighted by molar-refractivity contribution is 5.81. The van der Waals surface area contributed by atoms with E-state index in [0.717, 1.165) is 16.6 Å². The van der Waals surface area contributed by atoms with Crippen molar-refractivity contribution in [1.82, 2.24) is 9.47 Å². The fraction of sp³-hybridized carbons (Fsp3) is 0.286. The first-order valence-electron chi connectivity index (χ1n) is 8.87. The minimum Gasteiger partial charge on any atom is -0.481 e. The second-order valence-corrected chi connectivity index (χ2v) is 7.20. The van der Waals surface area contributed by atoms with E-state index in [1.165, 1.54) is 24.3 Å². The Labute approximate surface area is 155 Å². The number of carboxylic acids is 1. The van der Waals surface area contributed by atoms with Crippen LogP contribution in [0.25, 0.3) is 10.9 Å². The van der Waals surface area contributed by atoms with Gasteiger partial charge >= 0.3 is 5.97 Å². The summed E-state index contributed by atoms with van der Waals surface area (Å²) < 4.78 is 29.1. The molecular formula is C21H20F2N2O2. The summed E-state index contributed by atoms with van der Waals surface area (Å²) >= 11 is 0. The van der Waals surface area contributed by atoms with E-state index in [9.17, 15) is 18.7 Å². The van der Waals surface area contributed by atoms with Crippen LogP contribution < -0.4 is 0 Å². The van der Waals surface area contributed by atoms with Crippen molar-refractivity contribution in [2.45, 2.75) is 12.5 Å². The van der Waals surface area contributed by atoms with Crippen molar-refractivity contribution in [3.8, 4) is 0 Å². The Morgan fingerprint density at radius 2 is 1.89 bits per heavy atom. The van der Waals surface area contributed by atoms with E-state index in [-0.39, 0.29) is 17.6 Å². The molecule has 0 saturated carbocycles. The summed E-state index contributed by atoms with van der Waals surface area (Å²) in [7, 11) is 1.92. The van der Waals surface area contributed by atoms with Gasteiger partial charge in [0.15, 0.2) is 0 Å². The van der Waals surface area contributed by atoms with Gasteiger partial charge in [-0.25, -0.2) is 8.78 Å². The zero-order chi connectivity index (χ0) is 19.1. The number of rotatable bonds is 4. The SMILES string of the molecule is Cn1c(CN2C[C@H](C(=O)O)[C@@H](c3cccc(F)c3)C2)cc2cc(F)ccc21. The summed E-state index contributed by atoms with van der Waals surface area (Å²) in [4.78, 5) is 13.8. The van der Waals surface area contributed by atoms with Gasteiger partial charge in [-0.15, -0.1) is 0 Å². The highest BCUT2D eigenvalue weighted by Gasteiger charge is 2.38. The molecule has 1 aromatic heterocycles. The highest BCUT2D eigenvalue weighted by atomic mass is 19.1. The third-order valence-corrected chi connectivity index (χ3v) is 5.48. The number of hydrogen-bond acceptors (Lipinski definition) is 2. The Morgan fingerprint density at radius 1 is 1.11 bits per heavy atom. The van der Waals surface area contributed by atoms with Crippen LogP contribution in [-0.4, -0.2) is 33.6 Å². The van der Waals surface area contributed by atoms with Crippen LogP contribution >= 0.6 is 0 Å². The highest BCUT2D eigenvalue weighted by Crippen LogP contribution is 2.34. The van der Waals surface area contributed by atoms with Gasteiger partial charge in [-0.05, 0) is 42.0 Å². The molecule has 2 aromatic carbocycles. The maximum absolute atomic E-state index is 13.6. The third kappa shape index (κ3) is 3.32. The number of aliphatic carboxylic acids is 1. The van der Waals surface area contributed by atoms with Crippen LogP contribution in [-0.2, 0) is 18.4 Å². The van der Waals surface area contributed by atoms with Crippen molar-refractivity contribution in [1.29, 1.82) is 0 Å². The van der Waals surface area contributed by atoms with E-state index in [1.807, 2.05) is 17.7 Å². The zero-order valence-corrected chi connectivity index (χ0v) is 14.9. The van der Waals surface area contributed by atoms with E-state index in [1.54, 1.807) is 18.2 Å². The van der Waals surface area contributed by atoms with Crippen LogP contribution in [0.1, 0.15) is 17.2 Å². The van der Waals surface area contributed by atoms with Gasteiger partial charge in [0.25, 0.3) is 0 Å². The number of hydrogen-bond donors (Lipinski definition) is 1. The van der Waals surface area contributed by atoms with Crippen LogP contribution in [0.2, 0.25) is 0 Å². The summed E-state index contributed by atoms with van der Waals surface area (Å²) in [5.74, 6) is -2.35. The van der Waals surface area contributed by atoms with E-state index < -0.39 is 11.9 Å². The number of fused-ring (bicyclic) bond motifs is 1. The molecule has 4 rings (SSSR count). The molecule has 0 aliphatic carbocycles. The summed E-state index contributed by atoms with van der Waals surface area (Å²) in [6, 6.07) is 12.8. The van der Waals surface area contributed by atoms with Crippen molar-refractivity contribution >= 4 is 16.9 Å². The number of aryl methyl sites for hydroxylation is 1. The number of likely N-dealkylation sites (tertiary alicyclic amines) is 1. The van der Waals surface area contributed by atoms with Gasteiger partial charge in [0.1, 0.15) is 11.6 Å². The quantitative estimate of drug-likeness (QED) is 0.761. The van der Waals surface area contributed by atoms with Gasteiger partial charge in [-0.1, -0.05) is 12.1 Å². The van der Waals surface area contributed by atoms with Crippen LogP contribution in [0.3, 0.4) is 0 Å². The number of nitrogens with zero attached hydrogens (tertiary/aromatic N) is 2.